The van der Waals surface area contributed by atoms with Crippen LogP contribution in [0.15, 0.2) is 72.9 Å². The molecule has 5 atom stereocenters. The number of aliphatic hydroxyl groups excluding tert-OH is 3. The summed E-state index contributed by atoms with van der Waals surface area (Å²) in [6.07, 6.45) is 37.7. The minimum absolute atomic E-state index is 0.0211. The van der Waals surface area contributed by atoms with E-state index in [1.54, 1.807) is 0 Å². The lowest BCUT2D eigenvalue weighted by Crippen LogP contribution is -2.30. The van der Waals surface area contributed by atoms with Crippen molar-refractivity contribution in [3.05, 3.63) is 72.9 Å². The van der Waals surface area contributed by atoms with Gasteiger partial charge in [0, 0.05) is 12.8 Å². The van der Waals surface area contributed by atoms with E-state index in [4.69, 9.17) is 23.8 Å². The van der Waals surface area contributed by atoms with Crippen LogP contribution in [-0.2, 0) is 41.8 Å². The Kier molecular flexibility index (Phi) is 39.3. The van der Waals surface area contributed by atoms with Crippen LogP contribution in [0.4, 0.5) is 0 Å². The predicted molar refractivity (Wildman–Crippen MR) is 246 cm³/mol. The highest BCUT2D eigenvalue weighted by Crippen LogP contribution is 2.43. The van der Waals surface area contributed by atoms with Crippen molar-refractivity contribution in [3.63, 3.8) is 0 Å². The molecule has 0 aliphatic heterocycles. The minimum atomic E-state index is -4.89. The van der Waals surface area contributed by atoms with Crippen molar-refractivity contribution in [1.29, 1.82) is 0 Å². The van der Waals surface area contributed by atoms with Crippen LogP contribution in [0.25, 0.3) is 0 Å². The Hall–Kier alpha value is -2.52. The van der Waals surface area contributed by atoms with Crippen molar-refractivity contribution in [1.82, 2.24) is 0 Å². The Morgan fingerprint density at radius 3 is 1.62 bits per heavy atom. The van der Waals surface area contributed by atoms with Gasteiger partial charge in [-0.15, -0.1) is 0 Å². The molecule has 0 aliphatic rings. The molecule has 1 unspecified atom stereocenters. The predicted octanol–water partition coefficient (Wildman–Crippen LogP) is 9.73. The molecule has 0 aromatic carbocycles. The van der Waals surface area contributed by atoms with Gasteiger partial charge >= 0.3 is 27.6 Å². The molecule has 17 heteroatoms. The molecular weight excluding hydrogens is 854 g/mol. The third-order valence-electron chi connectivity index (χ3n) is 9.27. The van der Waals surface area contributed by atoms with E-state index in [9.17, 15) is 38.9 Å². The van der Waals surface area contributed by atoms with Crippen molar-refractivity contribution in [2.24, 2.45) is 0 Å². The molecule has 0 heterocycles. The third-order valence-corrected chi connectivity index (χ3v) is 10.7. The number of phosphoric acid groups is 2. The standard InChI is InChI=1S/C46H80O15P2/c1-3-5-7-9-11-12-13-14-15-16-17-18-19-20-21-22-23-27-31-35-45(50)57-39-42(40-60-63(55,56)59-38-41(47)37-58-62(52,53)54)61-46(51)36-32-28-24-26-30-34-44(49)43(48)33-29-25-10-8-6-4-2/h5,7,11-12,14-15,17-18,20-21,25,29,41-44,47-49H,3-4,6,8-10,13,16,19,22-24,26-28,30-40H2,1-2H3,(H,55,56)(H2,52,53,54)/b7-5-,12-11-,15-14-,18-17-,21-20-,29-25-/t41-,42+,43-,44-/m0/s1. The monoisotopic (exact) mass is 934 g/mol. The van der Waals surface area contributed by atoms with E-state index in [0.29, 0.717) is 32.1 Å². The zero-order valence-corrected chi connectivity index (χ0v) is 39.7. The van der Waals surface area contributed by atoms with Gasteiger partial charge in [0.25, 0.3) is 0 Å². The van der Waals surface area contributed by atoms with E-state index in [1.165, 1.54) is 6.42 Å². The second kappa shape index (κ2) is 40.9. The Morgan fingerprint density at radius 2 is 1.02 bits per heavy atom. The number of aliphatic hydroxyl groups is 3. The first-order valence-corrected chi connectivity index (χ1v) is 25.8. The van der Waals surface area contributed by atoms with Crippen LogP contribution in [0.5, 0.6) is 0 Å². The number of hydrogen-bond donors (Lipinski definition) is 6. The van der Waals surface area contributed by atoms with Crippen LogP contribution in [0.3, 0.4) is 0 Å². The molecule has 63 heavy (non-hydrogen) atoms. The first-order valence-electron chi connectivity index (χ1n) is 22.8. The number of carbonyl (C=O) groups excluding carboxylic acids is 2. The summed E-state index contributed by atoms with van der Waals surface area (Å²) in [5, 5.41) is 30.2. The molecule has 0 aliphatic carbocycles. The number of esters is 2. The number of ether oxygens (including phenoxy) is 2. The van der Waals surface area contributed by atoms with E-state index in [0.717, 1.165) is 89.9 Å². The van der Waals surface area contributed by atoms with Crippen molar-refractivity contribution in [3.8, 4) is 0 Å². The molecule has 0 rings (SSSR count). The van der Waals surface area contributed by atoms with E-state index in [2.05, 4.69) is 83.7 Å². The van der Waals surface area contributed by atoms with Crippen LogP contribution in [0.2, 0.25) is 0 Å². The minimum Gasteiger partial charge on any atom is -0.462 e. The number of unbranched alkanes of at least 4 members (excludes halogenated alkanes) is 10. The second-order valence-electron chi connectivity index (χ2n) is 15.2. The largest absolute Gasteiger partial charge is 0.472 e. The fraction of sp³-hybridized carbons (Fsp3) is 0.696. The van der Waals surface area contributed by atoms with Crippen LogP contribution >= 0.6 is 15.6 Å². The molecule has 0 radical (unpaired) electrons. The van der Waals surface area contributed by atoms with Crippen LogP contribution in [0.1, 0.15) is 155 Å². The number of hydrogen-bond acceptors (Lipinski definition) is 12. The first-order chi connectivity index (χ1) is 30.2. The van der Waals surface area contributed by atoms with Gasteiger partial charge in [-0.3, -0.25) is 23.2 Å². The summed E-state index contributed by atoms with van der Waals surface area (Å²) in [5.74, 6) is -1.19. The number of carbonyl (C=O) groups is 2. The smallest absolute Gasteiger partial charge is 0.462 e. The highest BCUT2D eigenvalue weighted by molar-refractivity contribution is 7.47. The summed E-state index contributed by atoms with van der Waals surface area (Å²) in [4.78, 5) is 52.8. The summed E-state index contributed by atoms with van der Waals surface area (Å²) >= 11 is 0. The fourth-order valence-electron chi connectivity index (χ4n) is 5.69. The van der Waals surface area contributed by atoms with Crippen molar-refractivity contribution >= 4 is 27.6 Å². The lowest BCUT2D eigenvalue weighted by atomic mass is 10.0. The molecule has 0 saturated carbocycles. The van der Waals surface area contributed by atoms with E-state index >= 15 is 0 Å². The summed E-state index contributed by atoms with van der Waals surface area (Å²) in [5.41, 5.74) is 0. The van der Waals surface area contributed by atoms with Gasteiger partial charge in [-0.05, 0) is 83.5 Å². The molecule has 0 spiro atoms. The molecule has 364 valence electrons. The third kappa shape index (κ3) is 43.2. The maximum Gasteiger partial charge on any atom is 0.472 e. The van der Waals surface area contributed by atoms with E-state index in [1.807, 2.05) is 12.2 Å². The van der Waals surface area contributed by atoms with Gasteiger partial charge in [0.15, 0.2) is 6.10 Å². The van der Waals surface area contributed by atoms with Crippen molar-refractivity contribution < 1.29 is 71.8 Å². The van der Waals surface area contributed by atoms with Crippen LogP contribution < -0.4 is 0 Å². The second-order valence-corrected chi connectivity index (χ2v) is 17.9. The van der Waals surface area contributed by atoms with Crippen molar-refractivity contribution in [2.45, 2.75) is 180 Å². The van der Waals surface area contributed by atoms with Gasteiger partial charge in [-0.2, -0.15) is 0 Å². The summed E-state index contributed by atoms with van der Waals surface area (Å²) < 4.78 is 47.7. The average molecular weight is 935 g/mol. The topological polar surface area (TPSA) is 236 Å². The highest BCUT2D eigenvalue weighted by atomic mass is 31.2. The molecular formula is C46H80O15P2. The fourth-order valence-corrected chi connectivity index (χ4v) is 6.85. The van der Waals surface area contributed by atoms with Crippen LogP contribution in [-0.4, -0.2) is 92.8 Å². The van der Waals surface area contributed by atoms with E-state index < -0.39 is 78.4 Å². The van der Waals surface area contributed by atoms with Gasteiger partial charge in [-0.25, -0.2) is 9.13 Å². The Morgan fingerprint density at radius 1 is 0.524 bits per heavy atom. The maximum absolute atomic E-state index is 12.7. The Bertz CT molecular complexity index is 1420. The maximum atomic E-state index is 12.7. The number of rotatable bonds is 42. The molecule has 0 saturated heterocycles. The summed E-state index contributed by atoms with van der Waals surface area (Å²) in [6, 6.07) is 0. The molecule has 15 nitrogen and oxygen atoms in total. The molecule has 0 fully saturated rings. The quantitative estimate of drug-likeness (QED) is 0.0145. The zero-order valence-electron chi connectivity index (χ0n) is 37.9. The molecule has 0 aromatic heterocycles. The Labute approximate surface area is 377 Å². The summed E-state index contributed by atoms with van der Waals surface area (Å²) in [6.45, 7) is 1.37. The highest BCUT2D eigenvalue weighted by Gasteiger charge is 2.28. The van der Waals surface area contributed by atoms with Crippen molar-refractivity contribution in [2.75, 3.05) is 26.4 Å². The number of allylic oxidation sites excluding steroid dienone is 11. The van der Waals surface area contributed by atoms with E-state index in [-0.39, 0.29) is 12.8 Å². The molecule has 0 bridgehead atoms. The normalized spacial score (nSPS) is 15.6. The van der Waals surface area contributed by atoms with Gasteiger partial charge in [0.2, 0.25) is 0 Å². The Balaban J connectivity index is 4.67. The lowest BCUT2D eigenvalue weighted by molar-refractivity contribution is -0.161. The molecule has 0 aromatic rings. The van der Waals surface area contributed by atoms with Gasteiger partial charge in [0.05, 0.1) is 32.0 Å². The number of phosphoric ester groups is 2. The molecule has 0 amide bonds. The molecule has 6 N–H and O–H groups in total. The average Bonchev–Trinajstić information content (AvgIpc) is 3.24. The zero-order chi connectivity index (χ0) is 46.9. The van der Waals surface area contributed by atoms with Gasteiger partial charge in [-0.1, -0.05) is 132 Å². The lowest BCUT2D eigenvalue weighted by Gasteiger charge is -2.20. The van der Waals surface area contributed by atoms with Crippen LogP contribution in [0, 0.1) is 0 Å². The SMILES string of the molecule is CC/C=C\C/C=C\C/C=C\C/C=C\C/C=C\CCCCCC(=O)OC[C@H](COP(=O)(O)OC[C@@H](O)COP(=O)(O)O)OC(=O)CCCCCCC[C@H](O)[C@@H](O)C/C=C\CCCCC. The van der Waals surface area contributed by atoms with Gasteiger partial charge in [0.1, 0.15) is 12.7 Å². The van der Waals surface area contributed by atoms with Gasteiger partial charge < -0.3 is 39.5 Å². The summed E-state index contributed by atoms with van der Waals surface area (Å²) in [7, 11) is -9.75. The first kappa shape index (κ1) is 60.5.